The monoisotopic (exact) mass is 267 g/mol. The molecule has 5 nitrogen and oxygen atoms in total. The molecule has 0 saturated carbocycles. The topological polar surface area (TPSA) is 63.7 Å². The molecule has 5 heteroatoms. The molecule has 0 fully saturated rings. The van der Waals surface area contributed by atoms with Gasteiger partial charge in [-0.3, -0.25) is 19.3 Å². The van der Waals surface area contributed by atoms with E-state index in [0.717, 1.165) is 11.3 Å². The van der Waals surface area contributed by atoms with Crippen LogP contribution >= 0.6 is 0 Å². The number of Topliss-reactive ketones (excluding diaryl/α,β-unsaturated/α-hetero) is 1. The Morgan fingerprint density at radius 3 is 2.26 bits per heavy atom. The second-order valence-corrected chi connectivity index (χ2v) is 5.56. The number of hydrogen-bond donors (Lipinski definition) is 0. The molecule has 0 bridgehead atoms. The number of rotatable bonds is 7. The standard InChI is InChI=1S/C14H21NO4/c1-10(2)7-8-19-14(3,4)11(16)9-15-12(17)5-6-13(15)18/h5-6,10H,7-9H2,1-4H3. The smallest absolute Gasteiger partial charge is 0.254 e. The van der Waals surface area contributed by atoms with E-state index in [9.17, 15) is 14.4 Å². The Labute approximate surface area is 113 Å². The van der Waals surface area contributed by atoms with Crippen molar-refractivity contribution in [2.45, 2.75) is 39.7 Å². The molecule has 0 aliphatic carbocycles. The first-order chi connectivity index (χ1) is 8.74. The third-order valence-electron chi connectivity index (χ3n) is 3.03. The van der Waals surface area contributed by atoms with E-state index >= 15 is 0 Å². The molecule has 1 rings (SSSR count). The minimum atomic E-state index is -0.988. The Morgan fingerprint density at radius 1 is 1.26 bits per heavy atom. The first-order valence-electron chi connectivity index (χ1n) is 6.45. The van der Waals surface area contributed by atoms with E-state index in [1.54, 1.807) is 13.8 Å². The molecule has 0 unspecified atom stereocenters. The fraction of sp³-hybridized carbons (Fsp3) is 0.643. The van der Waals surface area contributed by atoms with Crippen molar-refractivity contribution in [1.82, 2.24) is 4.90 Å². The number of carbonyl (C=O) groups is 3. The van der Waals surface area contributed by atoms with E-state index in [1.807, 2.05) is 0 Å². The first kappa shape index (κ1) is 15.6. The van der Waals surface area contributed by atoms with E-state index in [0.29, 0.717) is 12.5 Å². The minimum absolute atomic E-state index is 0.237. The summed E-state index contributed by atoms with van der Waals surface area (Å²) in [7, 11) is 0. The van der Waals surface area contributed by atoms with E-state index in [1.165, 1.54) is 12.2 Å². The van der Waals surface area contributed by atoms with Crippen molar-refractivity contribution in [3.8, 4) is 0 Å². The summed E-state index contributed by atoms with van der Waals surface area (Å²) in [6.07, 6.45) is 3.20. The van der Waals surface area contributed by atoms with Crippen molar-refractivity contribution in [1.29, 1.82) is 0 Å². The summed E-state index contributed by atoms with van der Waals surface area (Å²) >= 11 is 0. The van der Waals surface area contributed by atoms with Gasteiger partial charge < -0.3 is 4.74 Å². The molecule has 0 aromatic rings. The fourth-order valence-electron chi connectivity index (χ4n) is 1.55. The lowest BCUT2D eigenvalue weighted by atomic mass is 10.0. The number of hydrogen-bond acceptors (Lipinski definition) is 4. The molecule has 0 atom stereocenters. The molecule has 0 radical (unpaired) electrons. The van der Waals surface area contributed by atoms with Crippen LogP contribution in [0.25, 0.3) is 0 Å². The van der Waals surface area contributed by atoms with Crippen LogP contribution in [0.15, 0.2) is 12.2 Å². The maximum absolute atomic E-state index is 12.1. The van der Waals surface area contributed by atoms with Gasteiger partial charge in [0.2, 0.25) is 0 Å². The van der Waals surface area contributed by atoms with Gasteiger partial charge in [0.05, 0.1) is 6.54 Å². The van der Waals surface area contributed by atoms with Gasteiger partial charge in [-0.15, -0.1) is 0 Å². The minimum Gasteiger partial charge on any atom is -0.368 e. The summed E-state index contributed by atoms with van der Waals surface area (Å²) in [5.74, 6) is -0.675. The second kappa shape index (κ2) is 6.10. The molecule has 2 amide bonds. The number of ketones is 1. The predicted octanol–water partition coefficient (Wildman–Crippen LogP) is 1.32. The van der Waals surface area contributed by atoms with Gasteiger partial charge in [-0.25, -0.2) is 0 Å². The maximum atomic E-state index is 12.1. The number of ether oxygens (including phenoxy) is 1. The maximum Gasteiger partial charge on any atom is 0.254 e. The summed E-state index contributed by atoms with van der Waals surface area (Å²) in [5.41, 5.74) is -0.988. The van der Waals surface area contributed by atoms with Crippen molar-refractivity contribution in [3.63, 3.8) is 0 Å². The average molecular weight is 267 g/mol. The molecule has 106 valence electrons. The van der Waals surface area contributed by atoms with Crippen LogP contribution in [-0.4, -0.2) is 41.3 Å². The quantitative estimate of drug-likeness (QED) is 0.653. The van der Waals surface area contributed by atoms with Crippen molar-refractivity contribution < 1.29 is 19.1 Å². The van der Waals surface area contributed by atoms with E-state index in [2.05, 4.69) is 13.8 Å². The molecule has 0 spiro atoms. The number of carbonyl (C=O) groups excluding carboxylic acids is 3. The van der Waals surface area contributed by atoms with Crippen LogP contribution in [0, 0.1) is 5.92 Å². The summed E-state index contributed by atoms with van der Waals surface area (Å²) in [4.78, 5) is 35.8. The zero-order chi connectivity index (χ0) is 14.6. The first-order valence-corrected chi connectivity index (χ1v) is 6.45. The van der Waals surface area contributed by atoms with Gasteiger partial charge in [0.25, 0.3) is 11.8 Å². The van der Waals surface area contributed by atoms with Crippen LogP contribution in [0.3, 0.4) is 0 Å². The largest absolute Gasteiger partial charge is 0.368 e. The summed E-state index contributed by atoms with van der Waals surface area (Å²) in [5, 5.41) is 0. The molecule has 1 aliphatic rings. The summed E-state index contributed by atoms with van der Waals surface area (Å²) < 4.78 is 5.56. The molecular formula is C14H21NO4. The van der Waals surface area contributed by atoms with Gasteiger partial charge in [-0.05, 0) is 26.2 Å². The van der Waals surface area contributed by atoms with Gasteiger partial charge in [0, 0.05) is 18.8 Å². The van der Waals surface area contributed by atoms with Gasteiger partial charge in [0.1, 0.15) is 5.60 Å². The van der Waals surface area contributed by atoms with Gasteiger partial charge >= 0.3 is 0 Å². The molecule has 0 N–H and O–H groups in total. The highest BCUT2D eigenvalue weighted by Gasteiger charge is 2.33. The number of nitrogens with zero attached hydrogens (tertiary/aromatic N) is 1. The Bertz CT molecular complexity index is 392. The Morgan fingerprint density at radius 2 is 1.79 bits per heavy atom. The molecule has 1 aliphatic heterocycles. The van der Waals surface area contributed by atoms with Crippen molar-refractivity contribution in [2.24, 2.45) is 5.92 Å². The van der Waals surface area contributed by atoms with Crippen molar-refractivity contribution >= 4 is 17.6 Å². The van der Waals surface area contributed by atoms with Crippen molar-refractivity contribution in [3.05, 3.63) is 12.2 Å². The van der Waals surface area contributed by atoms with Gasteiger partial charge in [-0.1, -0.05) is 13.8 Å². The Kier molecular flexibility index (Phi) is 5.00. The summed E-state index contributed by atoms with van der Waals surface area (Å²) in [6.45, 7) is 7.72. The third kappa shape index (κ3) is 4.28. The lowest BCUT2D eigenvalue weighted by molar-refractivity contribution is -0.148. The molecule has 19 heavy (non-hydrogen) atoms. The highest BCUT2D eigenvalue weighted by Crippen LogP contribution is 2.15. The SMILES string of the molecule is CC(C)CCOC(C)(C)C(=O)CN1C(=O)C=CC1=O. The van der Waals surface area contributed by atoms with Crippen LogP contribution in [0.2, 0.25) is 0 Å². The van der Waals surface area contributed by atoms with E-state index in [4.69, 9.17) is 4.74 Å². The second-order valence-electron chi connectivity index (χ2n) is 5.56. The third-order valence-corrected chi connectivity index (χ3v) is 3.03. The van der Waals surface area contributed by atoms with Crippen LogP contribution in [-0.2, 0) is 19.1 Å². The average Bonchev–Trinajstić information content (AvgIpc) is 2.59. The highest BCUT2D eigenvalue weighted by atomic mass is 16.5. The number of imide groups is 1. The Hall–Kier alpha value is -1.49. The molecule has 0 saturated heterocycles. The zero-order valence-electron chi connectivity index (χ0n) is 11.9. The van der Waals surface area contributed by atoms with Crippen LogP contribution < -0.4 is 0 Å². The van der Waals surface area contributed by atoms with E-state index in [-0.39, 0.29) is 12.3 Å². The number of amides is 2. The van der Waals surface area contributed by atoms with E-state index < -0.39 is 17.4 Å². The van der Waals surface area contributed by atoms with Gasteiger partial charge in [-0.2, -0.15) is 0 Å². The highest BCUT2D eigenvalue weighted by molar-refractivity contribution is 6.14. The zero-order valence-corrected chi connectivity index (χ0v) is 11.9. The van der Waals surface area contributed by atoms with Crippen LogP contribution in [0.4, 0.5) is 0 Å². The van der Waals surface area contributed by atoms with Crippen LogP contribution in [0.5, 0.6) is 0 Å². The molecule has 1 heterocycles. The van der Waals surface area contributed by atoms with Crippen LogP contribution in [0.1, 0.15) is 34.1 Å². The predicted molar refractivity (Wildman–Crippen MR) is 70.4 cm³/mol. The Balaban J connectivity index is 2.51. The molecule has 0 aromatic heterocycles. The fourth-order valence-corrected chi connectivity index (χ4v) is 1.55. The van der Waals surface area contributed by atoms with Crippen molar-refractivity contribution in [2.75, 3.05) is 13.2 Å². The molecular weight excluding hydrogens is 246 g/mol. The lowest BCUT2D eigenvalue weighted by Gasteiger charge is -2.26. The lowest BCUT2D eigenvalue weighted by Crippen LogP contribution is -2.45. The summed E-state index contributed by atoms with van der Waals surface area (Å²) in [6, 6.07) is 0. The normalized spacial score (nSPS) is 15.7. The molecule has 0 aromatic carbocycles. The van der Waals surface area contributed by atoms with Gasteiger partial charge in [0.15, 0.2) is 5.78 Å².